The van der Waals surface area contributed by atoms with Gasteiger partial charge in [-0.05, 0) is 28.8 Å². The number of amides is 1. The lowest BCUT2D eigenvalue weighted by molar-refractivity contribution is -0.120. The van der Waals surface area contributed by atoms with E-state index in [0.717, 1.165) is 22.3 Å². The highest BCUT2D eigenvalue weighted by Crippen LogP contribution is 2.31. The number of hydrogen-bond acceptors (Lipinski definition) is 3. The van der Waals surface area contributed by atoms with Gasteiger partial charge in [0.05, 0.1) is 13.7 Å². The molecule has 2 N–H and O–H groups in total. The van der Waals surface area contributed by atoms with Crippen molar-refractivity contribution in [3.63, 3.8) is 0 Å². The molecule has 0 aliphatic carbocycles. The van der Waals surface area contributed by atoms with Gasteiger partial charge in [-0.15, -0.1) is 0 Å². The van der Waals surface area contributed by atoms with Gasteiger partial charge < -0.3 is 15.2 Å². The predicted octanol–water partition coefficient (Wildman–Crippen LogP) is 2.88. The molecule has 2 aromatic rings. The number of ether oxygens (including phenoxy) is 1. The number of benzene rings is 2. The fourth-order valence-electron chi connectivity index (χ4n) is 2.34. The molecular formula is C18H21NO3. The normalized spacial score (nSPS) is 10.3. The van der Waals surface area contributed by atoms with E-state index in [1.807, 2.05) is 49.4 Å². The second kappa shape index (κ2) is 7.61. The van der Waals surface area contributed by atoms with Crippen molar-refractivity contribution < 1.29 is 14.6 Å². The van der Waals surface area contributed by atoms with Gasteiger partial charge in [0, 0.05) is 18.5 Å². The van der Waals surface area contributed by atoms with Gasteiger partial charge in [-0.2, -0.15) is 0 Å². The van der Waals surface area contributed by atoms with E-state index in [0.29, 0.717) is 18.7 Å². The molecule has 0 spiro atoms. The average Bonchev–Trinajstić information content (AvgIpc) is 2.59. The van der Waals surface area contributed by atoms with Crippen LogP contribution in [-0.4, -0.2) is 18.1 Å². The Morgan fingerprint density at radius 2 is 1.91 bits per heavy atom. The second-order valence-corrected chi connectivity index (χ2v) is 4.98. The Hall–Kier alpha value is -2.33. The van der Waals surface area contributed by atoms with Gasteiger partial charge >= 0.3 is 0 Å². The summed E-state index contributed by atoms with van der Waals surface area (Å²) in [5, 5.41) is 12.5. The first-order valence-corrected chi connectivity index (χ1v) is 7.32. The molecule has 0 unspecified atom stereocenters. The van der Waals surface area contributed by atoms with Crippen LogP contribution >= 0.6 is 0 Å². The Morgan fingerprint density at radius 3 is 2.50 bits per heavy atom. The molecule has 0 aliphatic heterocycles. The fourth-order valence-corrected chi connectivity index (χ4v) is 2.34. The molecule has 22 heavy (non-hydrogen) atoms. The quantitative estimate of drug-likeness (QED) is 0.862. The molecule has 4 nitrogen and oxygen atoms in total. The van der Waals surface area contributed by atoms with Crippen LogP contribution in [0.5, 0.6) is 5.75 Å². The van der Waals surface area contributed by atoms with Crippen LogP contribution in [0.1, 0.15) is 24.5 Å². The lowest BCUT2D eigenvalue weighted by Crippen LogP contribution is -2.21. The summed E-state index contributed by atoms with van der Waals surface area (Å²) < 4.78 is 5.44. The predicted molar refractivity (Wildman–Crippen MR) is 86.5 cm³/mol. The largest absolute Gasteiger partial charge is 0.496 e. The number of aliphatic hydroxyl groups excluding tert-OH is 1. The van der Waals surface area contributed by atoms with E-state index in [9.17, 15) is 9.90 Å². The monoisotopic (exact) mass is 299 g/mol. The summed E-state index contributed by atoms with van der Waals surface area (Å²) in [5.74, 6) is 0.687. The number of hydrogen-bond donors (Lipinski definition) is 2. The third-order valence-electron chi connectivity index (χ3n) is 3.56. The molecule has 0 atom stereocenters. The first-order valence-electron chi connectivity index (χ1n) is 7.32. The lowest BCUT2D eigenvalue weighted by Gasteiger charge is -2.15. The molecule has 0 aromatic heterocycles. The van der Waals surface area contributed by atoms with Crippen molar-refractivity contribution in [2.24, 2.45) is 0 Å². The highest BCUT2D eigenvalue weighted by molar-refractivity contribution is 5.76. The number of carbonyl (C=O) groups is 1. The van der Waals surface area contributed by atoms with Gasteiger partial charge in [0.1, 0.15) is 5.75 Å². The molecule has 0 heterocycles. The first-order chi connectivity index (χ1) is 10.7. The molecule has 0 fully saturated rings. The van der Waals surface area contributed by atoms with Gasteiger partial charge in [0.25, 0.3) is 0 Å². The minimum Gasteiger partial charge on any atom is -0.496 e. The molecule has 2 rings (SSSR count). The van der Waals surface area contributed by atoms with Crippen molar-refractivity contribution in [3.05, 3.63) is 53.6 Å². The molecule has 0 aliphatic rings. The van der Waals surface area contributed by atoms with E-state index in [4.69, 9.17) is 4.74 Å². The van der Waals surface area contributed by atoms with Crippen molar-refractivity contribution >= 4 is 5.91 Å². The fraction of sp³-hybridized carbons (Fsp3) is 0.278. The average molecular weight is 299 g/mol. The summed E-state index contributed by atoms with van der Waals surface area (Å²) in [6, 6.07) is 13.6. The Kier molecular flexibility index (Phi) is 5.55. The molecule has 1 amide bonds. The van der Waals surface area contributed by atoms with Crippen LogP contribution in [0.25, 0.3) is 11.1 Å². The number of rotatable bonds is 6. The maximum absolute atomic E-state index is 11.4. The number of methoxy groups -OCH3 is 1. The van der Waals surface area contributed by atoms with E-state index in [1.54, 1.807) is 7.11 Å². The zero-order valence-electron chi connectivity index (χ0n) is 12.9. The zero-order chi connectivity index (χ0) is 15.9. The van der Waals surface area contributed by atoms with E-state index in [-0.39, 0.29) is 12.5 Å². The molecule has 0 radical (unpaired) electrons. The van der Waals surface area contributed by atoms with Crippen molar-refractivity contribution in [1.82, 2.24) is 5.32 Å². The highest BCUT2D eigenvalue weighted by atomic mass is 16.5. The molecule has 4 heteroatoms. The number of carbonyl (C=O) groups excluding carboxylic acids is 1. The highest BCUT2D eigenvalue weighted by Gasteiger charge is 2.12. The minimum absolute atomic E-state index is 0.0141. The van der Waals surface area contributed by atoms with Crippen LogP contribution in [0.3, 0.4) is 0 Å². The van der Waals surface area contributed by atoms with Gasteiger partial charge in [-0.1, -0.05) is 37.3 Å². The Labute approximate surface area is 130 Å². The van der Waals surface area contributed by atoms with Crippen LogP contribution in [0, 0.1) is 0 Å². The molecule has 116 valence electrons. The lowest BCUT2D eigenvalue weighted by atomic mass is 9.97. The van der Waals surface area contributed by atoms with Crippen LogP contribution in [-0.2, 0) is 17.9 Å². The van der Waals surface area contributed by atoms with Crippen LogP contribution < -0.4 is 10.1 Å². The van der Waals surface area contributed by atoms with Crippen molar-refractivity contribution in [1.29, 1.82) is 0 Å². The van der Waals surface area contributed by atoms with Crippen LogP contribution in [0.15, 0.2) is 42.5 Å². The third-order valence-corrected chi connectivity index (χ3v) is 3.56. The Bertz CT molecular complexity index is 638. The zero-order valence-corrected chi connectivity index (χ0v) is 12.9. The van der Waals surface area contributed by atoms with E-state index in [1.165, 1.54) is 0 Å². The van der Waals surface area contributed by atoms with Crippen LogP contribution in [0.2, 0.25) is 0 Å². The molecule has 0 bridgehead atoms. The topological polar surface area (TPSA) is 58.6 Å². The smallest absolute Gasteiger partial charge is 0.219 e. The maximum Gasteiger partial charge on any atom is 0.219 e. The van der Waals surface area contributed by atoms with Gasteiger partial charge in [0.15, 0.2) is 0 Å². The standard InChI is InChI=1S/C18H21NO3/c1-3-18(21)19-11-14-9-15(12-20)16(10-17(14)22-2)13-7-5-4-6-8-13/h4-10,20H,3,11-12H2,1-2H3,(H,19,21). The first kappa shape index (κ1) is 16.0. The summed E-state index contributed by atoms with van der Waals surface area (Å²) in [4.78, 5) is 11.4. The number of aliphatic hydroxyl groups is 1. The molecule has 0 saturated carbocycles. The Balaban J connectivity index is 2.39. The second-order valence-electron chi connectivity index (χ2n) is 4.98. The molecule has 0 saturated heterocycles. The summed E-state index contributed by atoms with van der Waals surface area (Å²) >= 11 is 0. The van der Waals surface area contributed by atoms with Crippen molar-refractivity contribution in [3.8, 4) is 16.9 Å². The van der Waals surface area contributed by atoms with Crippen molar-refractivity contribution in [2.75, 3.05) is 7.11 Å². The minimum atomic E-state index is -0.0665. The molecular weight excluding hydrogens is 278 g/mol. The third kappa shape index (κ3) is 3.65. The van der Waals surface area contributed by atoms with Gasteiger partial charge in [-0.3, -0.25) is 4.79 Å². The van der Waals surface area contributed by atoms with Crippen molar-refractivity contribution in [2.45, 2.75) is 26.5 Å². The van der Waals surface area contributed by atoms with Gasteiger partial charge in [-0.25, -0.2) is 0 Å². The summed E-state index contributed by atoms with van der Waals surface area (Å²) in [6.45, 7) is 2.13. The van der Waals surface area contributed by atoms with E-state index in [2.05, 4.69) is 5.32 Å². The summed E-state index contributed by atoms with van der Waals surface area (Å²) in [7, 11) is 1.61. The molecule has 2 aromatic carbocycles. The summed E-state index contributed by atoms with van der Waals surface area (Å²) in [5.41, 5.74) is 3.63. The number of nitrogens with one attached hydrogen (secondary N) is 1. The SMILES string of the molecule is CCC(=O)NCc1cc(CO)c(-c2ccccc2)cc1OC. The summed E-state index contributed by atoms with van der Waals surface area (Å²) in [6.07, 6.45) is 0.442. The maximum atomic E-state index is 11.4. The van der Waals surface area contributed by atoms with Gasteiger partial charge in [0.2, 0.25) is 5.91 Å². The Morgan fingerprint density at radius 1 is 1.18 bits per heavy atom. The van der Waals surface area contributed by atoms with E-state index < -0.39 is 0 Å². The van der Waals surface area contributed by atoms with E-state index >= 15 is 0 Å². The van der Waals surface area contributed by atoms with Crippen LogP contribution in [0.4, 0.5) is 0 Å².